The third kappa shape index (κ3) is 2.99. The molecule has 3 heterocycles. The zero-order chi connectivity index (χ0) is 19.0. The molecule has 0 radical (unpaired) electrons. The maximum absolute atomic E-state index is 13.2. The van der Waals surface area contributed by atoms with E-state index in [1.54, 1.807) is 11.3 Å². The van der Waals surface area contributed by atoms with Gasteiger partial charge in [-0.3, -0.25) is 4.79 Å². The van der Waals surface area contributed by atoms with Crippen LogP contribution in [-0.2, 0) is 10.3 Å². The lowest BCUT2D eigenvalue weighted by atomic mass is 9.81. The number of para-hydroxylation sites is 1. The van der Waals surface area contributed by atoms with Crippen LogP contribution < -0.4 is 10.1 Å². The number of nitrogens with one attached hydrogen (secondary N) is 1. The third-order valence-corrected chi connectivity index (χ3v) is 6.53. The van der Waals surface area contributed by atoms with Crippen LogP contribution in [0.5, 0.6) is 5.75 Å². The van der Waals surface area contributed by atoms with Crippen molar-refractivity contribution in [2.45, 2.75) is 43.6 Å². The van der Waals surface area contributed by atoms with E-state index < -0.39 is 5.54 Å². The van der Waals surface area contributed by atoms with Crippen molar-refractivity contribution >= 4 is 17.2 Å². The van der Waals surface area contributed by atoms with Gasteiger partial charge in [-0.05, 0) is 30.4 Å². The summed E-state index contributed by atoms with van der Waals surface area (Å²) in [5.41, 5.74) is 0.339. The monoisotopic (exact) mass is 395 g/mol. The summed E-state index contributed by atoms with van der Waals surface area (Å²) in [7, 11) is 0. The van der Waals surface area contributed by atoms with Gasteiger partial charge in [0.15, 0.2) is 0 Å². The van der Waals surface area contributed by atoms with E-state index >= 15 is 0 Å². The SMILES string of the molecule is O=C(NC1(c2nc(-c3cccs3)no2)CCCCC1)C1COc2ccccc21. The number of carbonyl (C=O) groups excluding carboxylic acids is 1. The molecule has 1 amide bonds. The molecule has 1 aromatic carbocycles. The standard InChI is InChI=1S/C21H21N3O3S/c25-19(15-13-26-16-8-3-2-7-14(15)16)23-21(10-4-1-5-11-21)20-22-18(24-27-20)17-9-6-12-28-17/h2-3,6-9,12,15H,1,4-5,10-11,13H2,(H,23,25). The normalized spacial score (nSPS) is 20.4. The van der Waals surface area contributed by atoms with Gasteiger partial charge in [0, 0.05) is 5.56 Å². The minimum absolute atomic E-state index is 0.0391. The highest BCUT2D eigenvalue weighted by molar-refractivity contribution is 7.13. The van der Waals surface area contributed by atoms with E-state index in [0.29, 0.717) is 18.3 Å². The molecular formula is C21H21N3O3S. The first-order valence-corrected chi connectivity index (χ1v) is 10.5. The summed E-state index contributed by atoms with van der Waals surface area (Å²) in [4.78, 5) is 18.8. The van der Waals surface area contributed by atoms with Gasteiger partial charge in [-0.2, -0.15) is 4.98 Å². The van der Waals surface area contributed by atoms with Crippen molar-refractivity contribution in [2.75, 3.05) is 6.61 Å². The van der Waals surface area contributed by atoms with Crippen molar-refractivity contribution in [3.63, 3.8) is 0 Å². The molecular weight excluding hydrogens is 374 g/mol. The van der Waals surface area contributed by atoms with Gasteiger partial charge in [0.25, 0.3) is 5.89 Å². The summed E-state index contributed by atoms with van der Waals surface area (Å²) in [5, 5.41) is 9.43. The largest absolute Gasteiger partial charge is 0.492 e. The van der Waals surface area contributed by atoms with Gasteiger partial charge < -0.3 is 14.6 Å². The second-order valence-electron chi connectivity index (χ2n) is 7.43. The Morgan fingerprint density at radius 1 is 1.14 bits per heavy atom. The third-order valence-electron chi connectivity index (χ3n) is 5.66. The van der Waals surface area contributed by atoms with Crippen molar-refractivity contribution in [3.8, 4) is 16.5 Å². The van der Waals surface area contributed by atoms with Crippen LogP contribution in [0, 0.1) is 0 Å². The summed E-state index contributed by atoms with van der Waals surface area (Å²) < 4.78 is 11.4. The van der Waals surface area contributed by atoms with Crippen LogP contribution in [0.15, 0.2) is 46.3 Å². The lowest BCUT2D eigenvalue weighted by Gasteiger charge is -2.35. The second-order valence-corrected chi connectivity index (χ2v) is 8.38. The molecule has 28 heavy (non-hydrogen) atoms. The van der Waals surface area contributed by atoms with Crippen LogP contribution in [0.3, 0.4) is 0 Å². The van der Waals surface area contributed by atoms with Crippen LogP contribution in [0.4, 0.5) is 0 Å². The molecule has 0 spiro atoms. The Morgan fingerprint density at radius 2 is 2.00 bits per heavy atom. The Bertz CT molecular complexity index is 976. The first-order valence-electron chi connectivity index (χ1n) is 9.67. The number of aromatic nitrogens is 2. The number of hydrogen-bond donors (Lipinski definition) is 1. The molecule has 0 saturated heterocycles. The van der Waals surface area contributed by atoms with Crippen LogP contribution in [0.2, 0.25) is 0 Å². The smallest absolute Gasteiger partial charge is 0.252 e. The van der Waals surface area contributed by atoms with E-state index in [9.17, 15) is 4.79 Å². The van der Waals surface area contributed by atoms with Crippen LogP contribution in [0.25, 0.3) is 10.7 Å². The number of benzene rings is 1. The summed E-state index contributed by atoms with van der Waals surface area (Å²) in [6.45, 7) is 0.367. The molecule has 2 aliphatic rings. The molecule has 5 rings (SSSR count). The molecule has 1 N–H and O–H groups in total. The highest BCUT2D eigenvalue weighted by Gasteiger charge is 2.43. The van der Waals surface area contributed by atoms with E-state index in [2.05, 4.69) is 15.5 Å². The molecule has 1 saturated carbocycles. The molecule has 1 aliphatic heterocycles. The van der Waals surface area contributed by atoms with Crippen molar-refractivity contribution in [1.29, 1.82) is 0 Å². The van der Waals surface area contributed by atoms with Gasteiger partial charge in [-0.1, -0.05) is 48.7 Å². The molecule has 6 nitrogen and oxygen atoms in total. The van der Waals surface area contributed by atoms with Gasteiger partial charge in [0.1, 0.15) is 23.8 Å². The molecule has 1 atom stereocenters. The van der Waals surface area contributed by atoms with E-state index in [1.165, 1.54) is 0 Å². The summed E-state index contributed by atoms with van der Waals surface area (Å²) in [5.74, 6) is 1.53. The highest BCUT2D eigenvalue weighted by atomic mass is 32.1. The predicted molar refractivity (Wildman–Crippen MR) is 105 cm³/mol. The average Bonchev–Trinajstić information content (AvgIpc) is 3.48. The van der Waals surface area contributed by atoms with E-state index in [4.69, 9.17) is 9.26 Å². The molecule has 144 valence electrons. The summed E-state index contributed by atoms with van der Waals surface area (Å²) >= 11 is 1.57. The quantitative estimate of drug-likeness (QED) is 0.715. The van der Waals surface area contributed by atoms with Crippen LogP contribution >= 0.6 is 11.3 Å². The van der Waals surface area contributed by atoms with Gasteiger partial charge in [-0.25, -0.2) is 0 Å². The van der Waals surface area contributed by atoms with Crippen LogP contribution in [0.1, 0.15) is 49.5 Å². The predicted octanol–water partition coefficient (Wildman–Crippen LogP) is 4.25. The zero-order valence-corrected chi connectivity index (χ0v) is 16.2. The number of nitrogens with zero attached hydrogens (tertiary/aromatic N) is 2. The fourth-order valence-corrected chi connectivity index (χ4v) is 4.82. The fourth-order valence-electron chi connectivity index (χ4n) is 4.17. The van der Waals surface area contributed by atoms with Crippen LogP contribution in [-0.4, -0.2) is 22.7 Å². The number of carbonyl (C=O) groups is 1. The topological polar surface area (TPSA) is 77.3 Å². The zero-order valence-electron chi connectivity index (χ0n) is 15.4. The summed E-state index contributed by atoms with van der Waals surface area (Å²) in [6.07, 6.45) is 4.81. The van der Waals surface area contributed by atoms with Crippen molar-refractivity contribution in [2.24, 2.45) is 0 Å². The first-order chi connectivity index (χ1) is 13.8. The highest BCUT2D eigenvalue weighted by Crippen LogP contribution is 2.39. The minimum Gasteiger partial charge on any atom is -0.492 e. The number of hydrogen-bond acceptors (Lipinski definition) is 6. The molecule has 0 bridgehead atoms. The maximum Gasteiger partial charge on any atom is 0.252 e. The number of fused-ring (bicyclic) bond motifs is 1. The average molecular weight is 395 g/mol. The Hall–Kier alpha value is -2.67. The van der Waals surface area contributed by atoms with Gasteiger partial charge in [0.05, 0.1) is 4.88 Å². The molecule has 1 aliphatic carbocycles. The molecule has 1 unspecified atom stereocenters. The summed E-state index contributed by atoms with van der Waals surface area (Å²) in [6, 6.07) is 11.7. The lowest BCUT2D eigenvalue weighted by molar-refractivity contribution is -0.125. The Balaban J connectivity index is 1.43. The van der Waals surface area contributed by atoms with Gasteiger partial charge in [-0.15, -0.1) is 11.3 Å². The van der Waals surface area contributed by atoms with Gasteiger partial charge in [0.2, 0.25) is 11.7 Å². The molecule has 7 heteroatoms. The number of rotatable bonds is 4. The van der Waals surface area contributed by atoms with E-state index in [1.807, 2.05) is 41.8 Å². The Morgan fingerprint density at radius 3 is 2.82 bits per heavy atom. The minimum atomic E-state index is -0.602. The molecule has 1 fully saturated rings. The number of amides is 1. The van der Waals surface area contributed by atoms with Crippen molar-refractivity contribution in [1.82, 2.24) is 15.5 Å². The Labute approximate surface area is 166 Å². The number of thiophene rings is 1. The van der Waals surface area contributed by atoms with Crippen molar-refractivity contribution in [3.05, 3.63) is 53.2 Å². The Kier molecular flexibility index (Phi) is 4.39. The molecule has 2 aromatic heterocycles. The maximum atomic E-state index is 13.2. The second kappa shape index (κ2) is 7.05. The van der Waals surface area contributed by atoms with E-state index in [-0.39, 0.29) is 11.8 Å². The molecule has 3 aromatic rings. The lowest BCUT2D eigenvalue weighted by Crippen LogP contribution is -2.49. The van der Waals surface area contributed by atoms with Gasteiger partial charge >= 0.3 is 0 Å². The number of ether oxygens (including phenoxy) is 1. The first kappa shape index (κ1) is 17.4. The van der Waals surface area contributed by atoms with E-state index in [0.717, 1.165) is 48.3 Å². The van der Waals surface area contributed by atoms with Crippen molar-refractivity contribution < 1.29 is 14.1 Å². The fraction of sp³-hybridized carbons (Fsp3) is 0.381.